The number of carbonyl (C=O) groups excluding carboxylic acids is 2. The Labute approximate surface area is 144 Å². The molecule has 5 nitrogen and oxygen atoms in total. The quantitative estimate of drug-likeness (QED) is 0.683. The summed E-state index contributed by atoms with van der Waals surface area (Å²) in [5, 5.41) is 2.65. The third kappa shape index (κ3) is 3.36. The molecule has 1 heterocycles. The number of fused-ring (bicyclic) bond motifs is 1. The number of nitrogens with one attached hydrogen (secondary N) is 1. The molecule has 0 unspecified atom stereocenters. The molecular weight excluding hydrogens is 330 g/mol. The number of alkyl halides is 1. The highest BCUT2D eigenvalue weighted by atomic mass is 35.5. The molecular formula is C18H16ClNO4. The Hall–Kier alpha value is -2.53. The predicted molar refractivity (Wildman–Crippen MR) is 91.4 cm³/mol. The molecule has 1 amide bonds. The highest BCUT2D eigenvalue weighted by molar-refractivity contribution is 6.29. The lowest BCUT2D eigenvalue weighted by atomic mass is 9.99. The fourth-order valence-corrected chi connectivity index (χ4v) is 2.49. The largest absolute Gasteiger partial charge is 0.486 e. The van der Waals surface area contributed by atoms with Crippen molar-refractivity contribution in [2.45, 2.75) is 6.92 Å². The summed E-state index contributed by atoms with van der Waals surface area (Å²) in [7, 11) is 0. The minimum absolute atomic E-state index is 0.202. The smallest absolute Gasteiger partial charge is 0.239 e. The summed E-state index contributed by atoms with van der Waals surface area (Å²) in [4.78, 5) is 24.5. The second kappa shape index (κ2) is 6.93. The Balaban J connectivity index is 2.04. The molecule has 0 saturated heterocycles. The molecule has 1 aliphatic heterocycles. The van der Waals surface area contributed by atoms with Crippen molar-refractivity contribution in [3.8, 4) is 11.5 Å². The van der Waals surface area contributed by atoms with Crippen molar-refractivity contribution in [1.82, 2.24) is 0 Å². The van der Waals surface area contributed by atoms with Crippen LogP contribution in [0.1, 0.15) is 21.5 Å². The molecule has 0 bridgehead atoms. The minimum atomic E-state index is -0.397. The highest BCUT2D eigenvalue weighted by Crippen LogP contribution is 2.36. The van der Waals surface area contributed by atoms with Crippen LogP contribution in [0.4, 0.5) is 5.69 Å². The van der Waals surface area contributed by atoms with Crippen LogP contribution in [0.2, 0.25) is 0 Å². The fraction of sp³-hybridized carbons (Fsp3) is 0.222. The number of hydrogen-bond donors (Lipinski definition) is 1. The SMILES string of the molecule is Cc1ccc(C(=O)c2cc3c(cc2NC(=O)CCl)OCCO3)cc1. The molecule has 124 valence electrons. The van der Waals surface area contributed by atoms with Gasteiger partial charge in [-0.3, -0.25) is 9.59 Å². The molecule has 1 aliphatic rings. The van der Waals surface area contributed by atoms with Gasteiger partial charge in [0.15, 0.2) is 17.3 Å². The number of aryl methyl sites for hydroxylation is 1. The Morgan fingerprint density at radius 2 is 1.71 bits per heavy atom. The number of carbonyl (C=O) groups is 2. The lowest BCUT2D eigenvalue weighted by Crippen LogP contribution is -2.19. The summed E-state index contributed by atoms with van der Waals surface area (Å²) >= 11 is 5.56. The lowest BCUT2D eigenvalue weighted by molar-refractivity contribution is -0.113. The average molecular weight is 346 g/mol. The Bertz CT molecular complexity index is 786. The topological polar surface area (TPSA) is 64.6 Å². The van der Waals surface area contributed by atoms with Crippen molar-refractivity contribution in [2.24, 2.45) is 0 Å². The van der Waals surface area contributed by atoms with E-state index in [1.807, 2.05) is 19.1 Å². The van der Waals surface area contributed by atoms with E-state index in [9.17, 15) is 9.59 Å². The maximum Gasteiger partial charge on any atom is 0.239 e. The van der Waals surface area contributed by atoms with Gasteiger partial charge in [0.05, 0.1) is 11.3 Å². The first-order chi connectivity index (χ1) is 11.6. The van der Waals surface area contributed by atoms with Crippen LogP contribution in [-0.4, -0.2) is 30.8 Å². The van der Waals surface area contributed by atoms with Crippen LogP contribution < -0.4 is 14.8 Å². The third-order valence-corrected chi connectivity index (χ3v) is 3.88. The predicted octanol–water partition coefficient (Wildman–Crippen LogP) is 3.17. The van der Waals surface area contributed by atoms with Crippen LogP contribution in [-0.2, 0) is 4.79 Å². The van der Waals surface area contributed by atoms with Gasteiger partial charge in [-0.2, -0.15) is 0 Å². The van der Waals surface area contributed by atoms with Gasteiger partial charge in [-0.1, -0.05) is 29.8 Å². The summed E-state index contributed by atoms with van der Waals surface area (Å²) < 4.78 is 11.1. The van der Waals surface area contributed by atoms with E-state index in [2.05, 4.69) is 5.32 Å². The molecule has 0 spiro atoms. The second-order valence-corrected chi connectivity index (χ2v) is 5.69. The number of rotatable bonds is 4. The summed E-state index contributed by atoms with van der Waals surface area (Å²) in [6.07, 6.45) is 0. The van der Waals surface area contributed by atoms with E-state index in [4.69, 9.17) is 21.1 Å². The van der Waals surface area contributed by atoms with Gasteiger partial charge in [-0.25, -0.2) is 0 Å². The van der Waals surface area contributed by atoms with E-state index < -0.39 is 5.91 Å². The van der Waals surface area contributed by atoms with Gasteiger partial charge in [-0.15, -0.1) is 11.6 Å². The Kier molecular flexibility index (Phi) is 4.71. The van der Waals surface area contributed by atoms with E-state index >= 15 is 0 Å². The zero-order valence-electron chi connectivity index (χ0n) is 13.1. The third-order valence-electron chi connectivity index (χ3n) is 3.64. The monoisotopic (exact) mass is 345 g/mol. The summed E-state index contributed by atoms with van der Waals surface area (Å²) in [6, 6.07) is 10.4. The molecule has 0 aromatic heterocycles. The van der Waals surface area contributed by atoms with E-state index in [0.29, 0.717) is 41.5 Å². The lowest BCUT2D eigenvalue weighted by Gasteiger charge is -2.21. The number of halogens is 1. The first-order valence-corrected chi connectivity index (χ1v) is 8.03. The molecule has 2 aromatic carbocycles. The van der Waals surface area contributed by atoms with Crippen molar-refractivity contribution in [3.05, 3.63) is 53.1 Å². The molecule has 24 heavy (non-hydrogen) atoms. The van der Waals surface area contributed by atoms with Gasteiger partial charge in [0.25, 0.3) is 0 Å². The van der Waals surface area contributed by atoms with Gasteiger partial charge in [-0.05, 0) is 13.0 Å². The van der Waals surface area contributed by atoms with Gasteiger partial charge in [0.2, 0.25) is 5.91 Å². The first kappa shape index (κ1) is 16.3. The molecule has 0 atom stereocenters. The standard InChI is InChI=1S/C18H16ClNO4/c1-11-2-4-12(5-3-11)18(22)13-8-15-16(24-7-6-23-15)9-14(13)20-17(21)10-19/h2-5,8-9H,6-7,10H2,1H3,(H,20,21). The summed E-state index contributed by atoms with van der Waals surface area (Å²) in [5.74, 6) is 0.169. The zero-order chi connectivity index (χ0) is 17.1. The van der Waals surface area contributed by atoms with E-state index in [0.717, 1.165) is 5.56 Å². The number of ether oxygens (including phenoxy) is 2. The Morgan fingerprint density at radius 3 is 2.33 bits per heavy atom. The molecule has 0 radical (unpaired) electrons. The van der Waals surface area contributed by atoms with Gasteiger partial charge in [0.1, 0.15) is 19.1 Å². The second-order valence-electron chi connectivity index (χ2n) is 5.42. The van der Waals surface area contributed by atoms with E-state index in [1.54, 1.807) is 24.3 Å². The highest BCUT2D eigenvalue weighted by Gasteiger charge is 2.21. The zero-order valence-corrected chi connectivity index (χ0v) is 13.9. The normalized spacial score (nSPS) is 12.6. The van der Waals surface area contributed by atoms with Gasteiger partial charge >= 0.3 is 0 Å². The van der Waals surface area contributed by atoms with Gasteiger partial charge < -0.3 is 14.8 Å². The van der Waals surface area contributed by atoms with E-state index in [-0.39, 0.29) is 11.7 Å². The molecule has 0 aliphatic carbocycles. The molecule has 1 N–H and O–H groups in total. The van der Waals surface area contributed by atoms with Crippen LogP contribution in [0.15, 0.2) is 36.4 Å². The molecule has 2 aromatic rings. The molecule has 6 heteroatoms. The number of anilines is 1. The molecule has 0 fully saturated rings. The van der Waals surface area contributed by atoms with Gasteiger partial charge in [0, 0.05) is 11.6 Å². The van der Waals surface area contributed by atoms with Crippen molar-refractivity contribution in [1.29, 1.82) is 0 Å². The van der Waals surface area contributed by atoms with Crippen LogP contribution in [0.3, 0.4) is 0 Å². The maximum atomic E-state index is 12.9. The average Bonchev–Trinajstić information content (AvgIpc) is 2.61. The Morgan fingerprint density at radius 1 is 1.08 bits per heavy atom. The number of ketones is 1. The summed E-state index contributed by atoms with van der Waals surface area (Å²) in [5.41, 5.74) is 2.28. The number of amides is 1. The van der Waals surface area contributed by atoms with Crippen LogP contribution in [0.5, 0.6) is 11.5 Å². The van der Waals surface area contributed by atoms with Crippen molar-refractivity contribution < 1.29 is 19.1 Å². The fourth-order valence-electron chi connectivity index (χ4n) is 2.42. The van der Waals surface area contributed by atoms with Crippen molar-refractivity contribution in [2.75, 3.05) is 24.4 Å². The molecule has 0 saturated carbocycles. The number of benzene rings is 2. The maximum absolute atomic E-state index is 12.9. The number of hydrogen-bond acceptors (Lipinski definition) is 4. The first-order valence-electron chi connectivity index (χ1n) is 7.49. The van der Waals surface area contributed by atoms with Crippen LogP contribution >= 0.6 is 11.6 Å². The minimum Gasteiger partial charge on any atom is -0.486 e. The van der Waals surface area contributed by atoms with Crippen molar-refractivity contribution >= 4 is 29.0 Å². The van der Waals surface area contributed by atoms with Crippen LogP contribution in [0, 0.1) is 6.92 Å². The van der Waals surface area contributed by atoms with Crippen LogP contribution in [0.25, 0.3) is 0 Å². The van der Waals surface area contributed by atoms with Crippen molar-refractivity contribution in [3.63, 3.8) is 0 Å². The summed E-state index contributed by atoms with van der Waals surface area (Å²) in [6.45, 7) is 2.78. The molecule has 3 rings (SSSR count). The van der Waals surface area contributed by atoms with E-state index in [1.165, 1.54) is 0 Å².